The van der Waals surface area contributed by atoms with Gasteiger partial charge < -0.3 is 9.84 Å². The lowest BCUT2D eigenvalue weighted by molar-refractivity contribution is -0.143. The van der Waals surface area contributed by atoms with Crippen LogP contribution in [0.3, 0.4) is 0 Å². The molecule has 0 aromatic carbocycles. The van der Waals surface area contributed by atoms with Gasteiger partial charge in [-0.05, 0) is 46.2 Å². The molecular formula is C15H32NO2P. The predicted molar refractivity (Wildman–Crippen MR) is 85.1 cm³/mol. The van der Waals surface area contributed by atoms with Crippen molar-refractivity contribution in [1.82, 2.24) is 5.32 Å². The third kappa shape index (κ3) is 10.3. The van der Waals surface area contributed by atoms with Crippen molar-refractivity contribution < 1.29 is 9.32 Å². The Morgan fingerprint density at radius 1 is 1.05 bits per heavy atom. The molecule has 0 heterocycles. The minimum Gasteiger partial charge on any atom is -0.451 e. The molecule has 1 unspecified atom stereocenters. The average molecular weight is 289 g/mol. The van der Waals surface area contributed by atoms with Crippen LogP contribution < -0.4 is 5.32 Å². The molecule has 4 heteroatoms. The number of rotatable bonds is 12. The van der Waals surface area contributed by atoms with Gasteiger partial charge in [-0.3, -0.25) is 4.79 Å². The second-order valence-electron chi connectivity index (χ2n) is 5.91. The van der Waals surface area contributed by atoms with Crippen LogP contribution in [0.1, 0.15) is 72.1 Å². The van der Waals surface area contributed by atoms with Gasteiger partial charge in [-0.1, -0.05) is 39.0 Å². The highest BCUT2D eigenvalue weighted by molar-refractivity contribution is 7.10. The third-order valence-corrected chi connectivity index (χ3v) is 3.74. The van der Waals surface area contributed by atoms with Gasteiger partial charge in [0.15, 0.2) is 0 Å². The fourth-order valence-corrected chi connectivity index (χ4v) is 2.38. The Morgan fingerprint density at radius 2 is 1.63 bits per heavy atom. The molecule has 3 nitrogen and oxygen atoms in total. The topological polar surface area (TPSA) is 38.3 Å². The normalized spacial score (nSPS) is 11.6. The summed E-state index contributed by atoms with van der Waals surface area (Å²) in [5.74, 6) is -0.130. The summed E-state index contributed by atoms with van der Waals surface area (Å²) in [7, 11) is 2.04. The summed E-state index contributed by atoms with van der Waals surface area (Å²) in [5.41, 5.74) is -0.347. The Balaban J connectivity index is 3.33. The van der Waals surface area contributed by atoms with Gasteiger partial charge in [0.25, 0.3) is 0 Å². The fourth-order valence-electron chi connectivity index (χ4n) is 2.06. The molecule has 0 spiro atoms. The Kier molecular flexibility index (Phi) is 11.6. The van der Waals surface area contributed by atoms with Crippen LogP contribution in [0.4, 0.5) is 0 Å². The van der Waals surface area contributed by atoms with Crippen molar-refractivity contribution in [2.45, 2.75) is 72.1 Å². The summed E-state index contributed by atoms with van der Waals surface area (Å²) in [5, 5.41) is 3.48. The molecule has 0 fully saturated rings. The van der Waals surface area contributed by atoms with Crippen LogP contribution in [-0.4, -0.2) is 19.1 Å². The number of hydrogen-bond donors (Lipinski definition) is 1. The van der Waals surface area contributed by atoms with E-state index in [4.69, 9.17) is 4.52 Å². The molecule has 1 atom stereocenters. The van der Waals surface area contributed by atoms with Crippen molar-refractivity contribution in [3.63, 3.8) is 0 Å². The second kappa shape index (κ2) is 11.7. The molecule has 0 radical (unpaired) electrons. The lowest BCUT2D eigenvalue weighted by Crippen LogP contribution is -2.24. The molecular weight excluding hydrogens is 257 g/mol. The van der Waals surface area contributed by atoms with Gasteiger partial charge in [-0.25, -0.2) is 0 Å². The van der Waals surface area contributed by atoms with Crippen molar-refractivity contribution in [2.75, 3.05) is 13.1 Å². The Labute approximate surface area is 121 Å². The van der Waals surface area contributed by atoms with Gasteiger partial charge in [0.05, 0.1) is 14.9 Å². The zero-order chi connectivity index (χ0) is 14.6. The molecule has 114 valence electrons. The van der Waals surface area contributed by atoms with Gasteiger partial charge in [-0.2, -0.15) is 0 Å². The summed E-state index contributed by atoms with van der Waals surface area (Å²) in [4.78, 5) is 11.5. The van der Waals surface area contributed by atoms with E-state index < -0.39 is 0 Å². The van der Waals surface area contributed by atoms with Crippen molar-refractivity contribution >= 4 is 15.4 Å². The van der Waals surface area contributed by atoms with E-state index in [1.807, 2.05) is 23.3 Å². The van der Waals surface area contributed by atoms with E-state index in [1.54, 1.807) is 0 Å². The van der Waals surface area contributed by atoms with E-state index in [1.165, 1.54) is 38.5 Å². The van der Waals surface area contributed by atoms with Gasteiger partial charge in [0.1, 0.15) is 0 Å². The molecule has 19 heavy (non-hydrogen) atoms. The first-order valence-electron chi connectivity index (χ1n) is 7.66. The summed E-state index contributed by atoms with van der Waals surface area (Å²) in [6, 6.07) is 0. The molecule has 0 aliphatic carbocycles. The van der Waals surface area contributed by atoms with E-state index >= 15 is 0 Å². The number of carbonyl (C=O) groups is 1. The van der Waals surface area contributed by atoms with Crippen molar-refractivity contribution in [1.29, 1.82) is 0 Å². The Hall–Kier alpha value is -0.140. The Bertz CT molecular complexity index is 232. The molecule has 0 rings (SSSR count). The second-order valence-corrected chi connectivity index (χ2v) is 6.15. The van der Waals surface area contributed by atoms with Gasteiger partial charge in [-0.15, -0.1) is 0 Å². The average Bonchev–Trinajstić information content (AvgIpc) is 2.39. The van der Waals surface area contributed by atoms with Crippen LogP contribution in [0, 0.1) is 5.41 Å². The smallest absolute Gasteiger partial charge is 0.313 e. The molecule has 0 aliphatic heterocycles. The first-order valence-corrected chi connectivity index (χ1v) is 8.13. The van der Waals surface area contributed by atoms with E-state index in [0.717, 1.165) is 25.9 Å². The predicted octanol–water partition coefficient (Wildman–Crippen LogP) is 4.08. The maximum Gasteiger partial charge on any atom is 0.313 e. The van der Waals surface area contributed by atoms with Gasteiger partial charge >= 0.3 is 5.97 Å². The highest BCUT2D eigenvalue weighted by Gasteiger charge is 2.27. The summed E-state index contributed by atoms with van der Waals surface area (Å²) in [6.07, 6.45) is 9.59. The quantitative estimate of drug-likeness (QED) is 0.434. The highest BCUT2D eigenvalue weighted by atomic mass is 31.0. The van der Waals surface area contributed by atoms with Crippen LogP contribution in [0.5, 0.6) is 0 Å². The molecule has 0 bridgehead atoms. The molecule has 0 saturated carbocycles. The first kappa shape index (κ1) is 18.9. The third-order valence-electron chi connectivity index (χ3n) is 3.52. The van der Waals surface area contributed by atoms with Crippen LogP contribution in [0.2, 0.25) is 0 Å². The summed E-state index contributed by atoms with van der Waals surface area (Å²) >= 11 is 0. The largest absolute Gasteiger partial charge is 0.451 e. The van der Waals surface area contributed by atoms with Crippen molar-refractivity contribution in [3.8, 4) is 0 Å². The Morgan fingerprint density at radius 3 is 2.21 bits per heavy atom. The van der Waals surface area contributed by atoms with Gasteiger partial charge in [0.2, 0.25) is 0 Å². The zero-order valence-electron chi connectivity index (χ0n) is 13.0. The van der Waals surface area contributed by atoms with Crippen LogP contribution in [0.15, 0.2) is 0 Å². The van der Waals surface area contributed by atoms with E-state index in [9.17, 15) is 4.79 Å². The number of carbonyl (C=O) groups excluding carboxylic acids is 1. The van der Waals surface area contributed by atoms with Crippen LogP contribution >= 0.6 is 9.47 Å². The summed E-state index contributed by atoms with van der Waals surface area (Å²) in [6.45, 7) is 8.42. The number of nitrogens with one attached hydrogen (secondary N) is 1. The molecule has 0 amide bonds. The first-order chi connectivity index (χ1) is 9.04. The zero-order valence-corrected chi connectivity index (χ0v) is 14.1. The van der Waals surface area contributed by atoms with Crippen LogP contribution in [0.25, 0.3) is 0 Å². The molecule has 0 aromatic heterocycles. The van der Waals surface area contributed by atoms with E-state index in [-0.39, 0.29) is 11.4 Å². The highest BCUT2D eigenvalue weighted by Crippen LogP contribution is 2.26. The SMILES string of the molecule is CCCCCNCCCCCCC(C)(C)C(=O)OP. The molecule has 0 aliphatic rings. The molecule has 1 N–H and O–H groups in total. The number of hydrogen-bond acceptors (Lipinski definition) is 3. The maximum atomic E-state index is 11.5. The summed E-state index contributed by atoms with van der Waals surface area (Å²) < 4.78 is 4.73. The van der Waals surface area contributed by atoms with Gasteiger partial charge in [0, 0.05) is 0 Å². The lowest BCUT2D eigenvalue weighted by Gasteiger charge is -2.20. The van der Waals surface area contributed by atoms with Crippen molar-refractivity contribution in [2.24, 2.45) is 5.41 Å². The maximum absolute atomic E-state index is 11.5. The van der Waals surface area contributed by atoms with E-state index in [2.05, 4.69) is 12.2 Å². The molecule has 0 saturated heterocycles. The fraction of sp³-hybridized carbons (Fsp3) is 0.933. The standard InChI is InChI=1S/C15H32NO2P/c1-4-5-9-12-16-13-10-7-6-8-11-15(2,3)14(17)18-19/h16H,4-13,19H2,1-3H3. The minimum absolute atomic E-state index is 0.130. The monoisotopic (exact) mass is 289 g/mol. The van der Waals surface area contributed by atoms with E-state index in [0.29, 0.717) is 0 Å². The number of unbranched alkanes of at least 4 members (excludes halogenated alkanes) is 5. The minimum atomic E-state index is -0.347. The van der Waals surface area contributed by atoms with Crippen molar-refractivity contribution in [3.05, 3.63) is 0 Å². The van der Waals surface area contributed by atoms with Crippen LogP contribution in [-0.2, 0) is 9.32 Å². The molecule has 0 aromatic rings. The lowest BCUT2D eigenvalue weighted by atomic mass is 9.87.